The normalized spacial score (nSPS) is 10.3. The summed E-state index contributed by atoms with van der Waals surface area (Å²) in [6.45, 7) is 2.91. The van der Waals surface area contributed by atoms with Crippen molar-refractivity contribution in [2.45, 2.75) is 13.8 Å². The quantitative estimate of drug-likeness (QED) is 0.254. The third-order valence-corrected chi connectivity index (χ3v) is 4.73. The molecule has 8 heteroatoms. The highest BCUT2D eigenvalue weighted by Crippen LogP contribution is 2.20. The lowest BCUT2D eigenvalue weighted by Gasteiger charge is -2.08. The Labute approximate surface area is 184 Å². The Balaban J connectivity index is 1.64. The topological polar surface area (TPSA) is 116 Å². The van der Waals surface area contributed by atoms with E-state index in [-0.39, 0.29) is 22.7 Å². The minimum Gasteiger partial charge on any atom is -0.454 e. The molecule has 3 rings (SSSR count). The maximum atomic E-state index is 12.4. The second kappa shape index (κ2) is 9.65. The van der Waals surface area contributed by atoms with Crippen LogP contribution in [0.2, 0.25) is 0 Å². The Morgan fingerprint density at radius 3 is 2.28 bits per heavy atom. The first-order valence-corrected chi connectivity index (χ1v) is 9.68. The van der Waals surface area contributed by atoms with E-state index in [2.05, 4.69) is 5.32 Å². The molecule has 0 aliphatic heterocycles. The highest BCUT2D eigenvalue weighted by molar-refractivity contribution is 6.05. The second-order valence-corrected chi connectivity index (χ2v) is 7.16. The molecule has 0 aliphatic carbocycles. The van der Waals surface area contributed by atoms with Gasteiger partial charge >= 0.3 is 5.97 Å². The number of amides is 1. The fraction of sp³-hybridized carbons (Fsp3) is 0.125. The molecule has 0 radical (unpaired) electrons. The zero-order valence-electron chi connectivity index (χ0n) is 17.5. The summed E-state index contributed by atoms with van der Waals surface area (Å²) in [6, 6.07) is 17.2. The Morgan fingerprint density at radius 1 is 0.906 bits per heavy atom. The Hall–Kier alpha value is -4.33. The summed E-state index contributed by atoms with van der Waals surface area (Å²) in [7, 11) is 0. The lowest BCUT2D eigenvalue weighted by Crippen LogP contribution is -2.15. The van der Waals surface area contributed by atoms with Crippen molar-refractivity contribution in [1.82, 2.24) is 0 Å². The number of benzene rings is 3. The number of ketones is 1. The van der Waals surface area contributed by atoms with Gasteiger partial charge in [-0.2, -0.15) is 0 Å². The Morgan fingerprint density at radius 2 is 1.59 bits per heavy atom. The summed E-state index contributed by atoms with van der Waals surface area (Å²) in [4.78, 5) is 47.5. The van der Waals surface area contributed by atoms with Gasteiger partial charge in [0.2, 0.25) is 5.78 Å². The van der Waals surface area contributed by atoms with Crippen LogP contribution in [0.1, 0.15) is 42.2 Å². The Kier molecular flexibility index (Phi) is 6.74. The molecule has 0 aromatic heterocycles. The number of ether oxygens (including phenoxy) is 1. The average Bonchev–Trinajstić information content (AvgIpc) is 2.78. The van der Waals surface area contributed by atoms with E-state index in [1.54, 1.807) is 31.2 Å². The average molecular weight is 432 g/mol. The number of anilines is 1. The zero-order chi connectivity index (χ0) is 23.3. The van der Waals surface area contributed by atoms with Crippen LogP contribution in [0.25, 0.3) is 0 Å². The molecule has 8 nitrogen and oxygen atoms in total. The SMILES string of the molecule is Cc1ccc(C(=O)Nc2cccc(C(=O)OCC(=O)c3ccc(C)c([N+](=O)[O-])c3)c2)cc1. The number of nitrogens with zero attached hydrogens (tertiary/aromatic N) is 1. The van der Waals surface area contributed by atoms with Crippen LogP contribution >= 0.6 is 0 Å². The molecule has 0 bridgehead atoms. The predicted octanol–water partition coefficient (Wildman–Crippen LogP) is 4.50. The first-order valence-electron chi connectivity index (χ1n) is 9.68. The van der Waals surface area contributed by atoms with E-state index in [0.717, 1.165) is 11.6 Å². The molecular formula is C24H20N2O6. The highest BCUT2D eigenvalue weighted by Gasteiger charge is 2.17. The van der Waals surface area contributed by atoms with E-state index in [1.807, 2.05) is 19.1 Å². The second-order valence-electron chi connectivity index (χ2n) is 7.16. The van der Waals surface area contributed by atoms with Crippen LogP contribution in [0, 0.1) is 24.0 Å². The standard InChI is InChI=1S/C24H20N2O6/c1-15-6-9-17(10-7-15)23(28)25-20-5-3-4-19(12-20)24(29)32-14-22(27)18-11-8-16(2)21(13-18)26(30)31/h3-13H,14H2,1-2H3,(H,25,28). The smallest absolute Gasteiger partial charge is 0.338 e. The molecule has 0 heterocycles. The van der Waals surface area contributed by atoms with Gasteiger partial charge in [0, 0.05) is 28.4 Å². The summed E-state index contributed by atoms with van der Waals surface area (Å²) in [5.74, 6) is -1.65. The van der Waals surface area contributed by atoms with Crippen molar-refractivity contribution in [1.29, 1.82) is 0 Å². The number of hydrogen-bond acceptors (Lipinski definition) is 6. The van der Waals surface area contributed by atoms with Crippen LogP contribution in [-0.4, -0.2) is 29.2 Å². The first-order chi connectivity index (χ1) is 15.2. The maximum Gasteiger partial charge on any atom is 0.338 e. The molecule has 0 spiro atoms. The fourth-order valence-corrected chi connectivity index (χ4v) is 2.91. The van der Waals surface area contributed by atoms with Gasteiger partial charge in [-0.3, -0.25) is 19.7 Å². The number of rotatable bonds is 7. The number of hydrogen-bond donors (Lipinski definition) is 1. The van der Waals surface area contributed by atoms with Gasteiger partial charge in [-0.25, -0.2) is 4.79 Å². The van der Waals surface area contributed by atoms with Crippen LogP contribution in [0.5, 0.6) is 0 Å². The third kappa shape index (κ3) is 5.42. The lowest BCUT2D eigenvalue weighted by molar-refractivity contribution is -0.385. The van der Waals surface area contributed by atoms with Crippen molar-refractivity contribution in [2.24, 2.45) is 0 Å². The van der Waals surface area contributed by atoms with Crippen molar-refractivity contribution in [3.63, 3.8) is 0 Å². The van der Waals surface area contributed by atoms with E-state index < -0.39 is 23.3 Å². The van der Waals surface area contributed by atoms with Gasteiger partial charge in [-0.1, -0.05) is 35.9 Å². The summed E-state index contributed by atoms with van der Waals surface area (Å²) in [5, 5.41) is 13.7. The van der Waals surface area contributed by atoms with Crippen LogP contribution in [0.15, 0.2) is 66.7 Å². The van der Waals surface area contributed by atoms with Gasteiger partial charge in [0.15, 0.2) is 6.61 Å². The third-order valence-electron chi connectivity index (χ3n) is 4.73. The molecule has 162 valence electrons. The van der Waals surface area contributed by atoms with Crippen LogP contribution in [-0.2, 0) is 4.74 Å². The van der Waals surface area contributed by atoms with Crippen LogP contribution in [0.4, 0.5) is 11.4 Å². The molecule has 0 saturated carbocycles. The zero-order valence-corrected chi connectivity index (χ0v) is 17.5. The number of aryl methyl sites for hydroxylation is 2. The monoisotopic (exact) mass is 432 g/mol. The molecule has 0 aliphatic rings. The predicted molar refractivity (Wildman–Crippen MR) is 118 cm³/mol. The van der Waals surface area contributed by atoms with Crippen molar-refractivity contribution >= 4 is 29.0 Å². The molecule has 1 N–H and O–H groups in total. The van der Waals surface area contributed by atoms with E-state index in [0.29, 0.717) is 16.8 Å². The summed E-state index contributed by atoms with van der Waals surface area (Å²) in [6.07, 6.45) is 0. The molecule has 3 aromatic carbocycles. The number of carbonyl (C=O) groups is 3. The summed E-state index contributed by atoms with van der Waals surface area (Å²) < 4.78 is 5.06. The molecular weight excluding hydrogens is 412 g/mol. The molecule has 3 aromatic rings. The first kappa shape index (κ1) is 22.4. The number of Topliss-reactive ketones (excluding diaryl/α,β-unsaturated/α-hetero) is 1. The van der Waals surface area contributed by atoms with Crippen molar-refractivity contribution in [3.05, 3.63) is 105 Å². The summed E-state index contributed by atoms with van der Waals surface area (Å²) in [5.41, 5.74) is 2.36. The van der Waals surface area contributed by atoms with Gasteiger partial charge in [0.05, 0.1) is 10.5 Å². The minimum atomic E-state index is -0.758. The summed E-state index contributed by atoms with van der Waals surface area (Å²) >= 11 is 0. The molecule has 1 amide bonds. The Bertz CT molecular complexity index is 1200. The molecule has 0 saturated heterocycles. The molecule has 0 atom stereocenters. The molecule has 32 heavy (non-hydrogen) atoms. The number of esters is 1. The molecule has 0 unspecified atom stereocenters. The van der Waals surface area contributed by atoms with E-state index in [4.69, 9.17) is 4.74 Å². The minimum absolute atomic E-state index is 0.0780. The fourth-order valence-electron chi connectivity index (χ4n) is 2.91. The molecule has 0 fully saturated rings. The van der Waals surface area contributed by atoms with Crippen molar-refractivity contribution < 1.29 is 24.0 Å². The maximum absolute atomic E-state index is 12.4. The van der Waals surface area contributed by atoms with Gasteiger partial charge in [0.1, 0.15) is 0 Å². The highest BCUT2D eigenvalue weighted by atomic mass is 16.6. The largest absolute Gasteiger partial charge is 0.454 e. The van der Waals surface area contributed by atoms with E-state index in [9.17, 15) is 24.5 Å². The number of nitro groups is 1. The van der Waals surface area contributed by atoms with Crippen LogP contribution in [0.3, 0.4) is 0 Å². The number of nitrogens with one attached hydrogen (secondary N) is 1. The van der Waals surface area contributed by atoms with Gasteiger partial charge in [-0.15, -0.1) is 0 Å². The van der Waals surface area contributed by atoms with Gasteiger partial charge in [-0.05, 0) is 44.2 Å². The van der Waals surface area contributed by atoms with Gasteiger partial charge < -0.3 is 10.1 Å². The lowest BCUT2D eigenvalue weighted by atomic mass is 10.1. The van der Waals surface area contributed by atoms with Crippen LogP contribution < -0.4 is 5.32 Å². The van der Waals surface area contributed by atoms with Crippen molar-refractivity contribution in [3.8, 4) is 0 Å². The number of nitro benzene ring substituents is 1. The van der Waals surface area contributed by atoms with E-state index >= 15 is 0 Å². The van der Waals surface area contributed by atoms with Crippen molar-refractivity contribution in [2.75, 3.05) is 11.9 Å². The van der Waals surface area contributed by atoms with E-state index in [1.165, 1.54) is 24.3 Å². The van der Waals surface area contributed by atoms with Gasteiger partial charge in [0.25, 0.3) is 11.6 Å². The number of carbonyl (C=O) groups excluding carboxylic acids is 3.